The van der Waals surface area contributed by atoms with Crippen molar-refractivity contribution < 1.29 is 73.7 Å². The fourth-order valence-corrected chi connectivity index (χ4v) is 13.4. The summed E-state index contributed by atoms with van der Waals surface area (Å²) in [6, 6.07) is 28.3. The Bertz CT molecular complexity index is 3740. The van der Waals surface area contributed by atoms with E-state index in [2.05, 4.69) is 26.6 Å². The topological polar surface area (TPSA) is 225 Å². The summed E-state index contributed by atoms with van der Waals surface area (Å²) in [6.45, 7) is 5.13. The molecule has 10 rings (SSSR count). The monoisotopic (exact) mass is 1350 g/mol. The number of nitrogens with one attached hydrogen (secondary N) is 5. The van der Waals surface area contributed by atoms with E-state index in [0.717, 1.165) is 74.2 Å². The molecule has 8 N–H and O–H groups in total. The Morgan fingerprint density at radius 1 is 0.557 bits per heavy atom. The lowest BCUT2D eigenvalue weighted by atomic mass is 9.83. The molecule has 4 fully saturated rings. The summed E-state index contributed by atoms with van der Waals surface area (Å²) in [5, 5.41) is 24.0. The van der Waals surface area contributed by atoms with Crippen LogP contribution in [0.25, 0.3) is 0 Å². The van der Waals surface area contributed by atoms with Crippen LogP contribution in [0.15, 0.2) is 121 Å². The highest BCUT2D eigenvalue weighted by molar-refractivity contribution is 5.99. The van der Waals surface area contributed by atoms with E-state index in [0.29, 0.717) is 60.0 Å². The van der Waals surface area contributed by atoms with E-state index < -0.39 is 120 Å². The summed E-state index contributed by atoms with van der Waals surface area (Å²) >= 11 is 0. The summed E-state index contributed by atoms with van der Waals surface area (Å²) in [5.74, 6) is -7.09. The first-order valence-corrected chi connectivity index (χ1v) is 32.9. The number of carbonyl (C=O) groups is 6. The van der Waals surface area contributed by atoms with Gasteiger partial charge in [-0.25, -0.2) is 8.78 Å². The minimum absolute atomic E-state index is 0.0671. The SMILES string of the molecule is Cc1cccc(F)c1C(=O)N1CCCC(C(=O)Nc2ccc(CO)c(C(F)(F)F)c2)C1c1ccc(NC2CCCC2)cc1.Cc1cccc(F)c1C(=O)N1CCC[C@H](C(=O)Nc2ccc(COC(=O)CNC(=O)[C@H](N)C(C)C)c(C(F)(F)F)c2)C1c1ccc(NC2CCCC2)cc1. The molecule has 5 amide bonds. The van der Waals surface area contributed by atoms with Crippen LogP contribution in [0.2, 0.25) is 0 Å². The number of aliphatic hydroxyl groups is 1. The molecule has 24 heteroatoms. The van der Waals surface area contributed by atoms with Crippen molar-refractivity contribution in [3.8, 4) is 0 Å². The van der Waals surface area contributed by atoms with Gasteiger partial charge in [0.05, 0.1) is 58.8 Å². The van der Waals surface area contributed by atoms with Crippen LogP contribution in [0.5, 0.6) is 0 Å². The first kappa shape index (κ1) is 72.4. The number of nitrogens with zero attached hydrogens (tertiary/aromatic N) is 2. The molecule has 0 spiro atoms. The molecule has 2 aliphatic heterocycles. The van der Waals surface area contributed by atoms with Gasteiger partial charge < -0.3 is 52.0 Å². The fraction of sp³-hybridized carbons (Fsp3) is 0.425. The van der Waals surface area contributed by atoms with Crippen molar-refractivity contribution in [3.63, 3.8) is 0 Å². The number of piperidine rings is 2. The second-order valence-electron chi connectivity index (χ2n) is 25.8. The molecular formula is C73H82F8N8O8. The fourth-order valence-electron chi connectivity index (χ4n) is 13.4. The molecule has 2 saturated carbocycles. The summed E-state index contributed by atoms with van der Waals surface area (Å²) in [5.41, 5.74) is 6.53. The summed E-state index contributed by atoms with van der Waals surface area (Å²) in [4.78, 5) is 82.9. The maximum atomic E-state index is 15.1. The molecule has 2 heterocycles. The Labute approximate surface area is 558 Å². The average Bonchev–Trinajstić information content (AvgIpc) is 1.35. The van der Waals surface area contributed by atoms with Crippen molar-refractivity contribution in [3.05, 3.63) is 189 Å². The summed E-state index contributed by atoms with van der Waals surface area (Å²) in [7, 11) is 0. The standard InChI is InChI=1S/C40H47F4N5O5.C33H35F4N3O3/c1-23(2)35(45)38(52)46-21-33(50)54-22-26-15-18-29(20-31(26)40(42,43)44)48-37(51)30-11-7-19-49(39(53)34-24(3)8-6-12-32(34)41)36(30)25-13-16-28(17-14-25)47-27-9-4-5-10-27;1-20-6-4-10-28(34)29(20)32(43)40-17-5-9-26(30(40)21-11-14-24(15-12-21)38-23-7-2-3-8-23)31(42)39-25-16-13-22(19-41)27(18-25)33(35,36)37/h6,8,12-18,20,23,27,30,35-36,47H,4-5,7,9-11,19,21-22,45H2,1-3H3,(H,46,52)(H,48,51);4,6,10-16,18,23,26,30,38,41H,2-3,5,7-9,17,19H2,1H3,(H,39,42)/t30-,35+,36?;/m0./s1. The van der Waals surface area contributed by atoms with Gasteiger partial charge in [-0.15, -0.1) is 0 Å². The Balaban J connectivity index is 0.000000233. The lowest BCUT2D eigenvalue weighted by molar-refractivity contribution is -0.147. The Kier molecular flexibility index (Phi) is 23.9. The minimum atomic E-state index is -4.87. The molecule has 518 valence electrons. The van der Waals surface area contributed by atoms with Gasteiger partial charge in [0.2, 0.25) is 17.7 Å². The molecule has 6 aromatic carbocycles. The van der Waals surface area contributed by atoms with Crippen molar-refractivity contribution in [2.75, 3.05) is 40.9 Å². The van der Waals surface area contributed by atoms with Crippen molar-refractivity contribution >= 4 is 58.3 Å². The van der Waals surface area contributed by atoms with Gasteiger partial charge in [-0.05, 0) is 160 Å². The largest absolute Gasteiger partial charge is 0.459 e. The molecule has 0 aromatic heterocycles. The Morgan fingerprint density at radius 3 is 1.35 bits per heavy atom. The number of aryl methyl sites for hydroxylation is 2. The summed E-state index contributed by atoms with van der Waals surface area (Å²) < 4.78 is 119. The number of hydrogen-bond donors (Lipinski definition) is 7. The number of alkyl halides is 6. The van der Waals surface area contributed by atoms with Crippen LogP contribution in [0.4, 0.5) is 57.9 Å². The van der Waals surface area contributed by atoms with Crippen LogP contribution < -0.4 is 32.3 Å². The molecule has 2 aliphatic carbocycles. The van der Waals surface area contributed by atoms with Crippen molar-refractivity contribution in [2.45, 2.75) is 161 Å². The number of benzene rings is 6. The number of likely N-dealkylation sites (tertiary alicyclic amines) is 2. The van der Waals surface area contributed by atoms with Crippen LogP contribution in [0.3, 0.4) is 0 Å². The van der Waals surface area contributed by atoms with Gasteiger partial charge in [0, 0.05) is 53.5 Å². The maximum Gasteiger partial charge on any atom is 0.416 e. The maximum absolute atomic E-state index is 15.1. The van der Waals surface area contributed by atoms with E-state index in [1.165, 1.54) is 59.0 Å². The lowest BCUT2D eigenvalue weighted by Gasteiger charge is -2.41. The number of rotatable bonds is 19. The number of aliphatic hydroxyl groups excluding tert-OH is 1. The number of nitrogens with two attached hydrogens (primary N) is 1. The third kappa shape index (κ3) is 18.0. The molecule has 0 radical (unpaired) electrons. The Morgan fingerprint density at radius 2 is 0.959 bits per heavy atom. The number of halogens is 8. The van der Waals surface area contributed by atoms with Crippen molar-refractivity contribution in [1.29, 1.82) is 0 Å². The van der Waals surface area contributed by atoms with E-state index in [1.54, 1.807) is 39.8 Å². The molecule has 0 bridgehead atoms. The van der Waals surface area contributed by atoms with E-state index in [4.69, 9.17) is 10.5 Å². The highest BCUT2D eigenvalue weighted by atomic mass is 19.4. The molecule has 3 unspecified atom stereocenters. The van der Waals surface area contributed by atoms with Crippen LogP contribution in [0, 0.1) is 43.2 Å². The predicted molar refractivity (Wildman–Crippen MR) is 352 cm³/mol. The number of esters is 1. The van der Waals surface area contributed by atoms with Crippen molar-refractivity contribution in [1.82, 2.24) is 15.1 Å². The zero-order valence-corrected chi connectivity index (χ0v) is 54.5. The molecule has 16 nitrogen and oxygen atoms in total. The quantitative estimate of drug-likeness (QED) is 0.0298. The highest BCUT2D eigenvalue weighted by Gasteiger charge is 2.44. The van der Waals surface area contributed by atoms with E-state index in [9.17, 15) is 64.6 Å². The third-order valence-corrected chi connectivity index (χ3v) is 18.6. The first-order valence-electron chi connectivity index (χ1n) is 32.9. The second-order valence-corrected chi connectivity index (χ2v) is 25.8. The molecule has 5 atom stereocenters. The van der Waals surface area contributed by atoms with Gasteiger partial charge in [0.1, 0.15) is 24.8 Å². The summed E-state index contributed by atoms with van der Waals surface area (Å²) in [6.07, 6.45) is 0.903. The minimum Gasteiger partial charge on any atom is -0.459 e. The normalized spacial score (nSPS) is 18.8. The average molecular weight is 1350 g/mol. The van der Waals surface area contributed by atoms with Gasteiger partial charge >= 0.3 is 18.3 Å². The van der Waals surface area contributed by atoms with Crippen LogP contribution in [-0.4, -0.2) is 88.2 Å². The van der Waals surface area contributed by atoms with Gasteiger partial charge in [0.15, 0.2) is 0 Å². The first-order chi connectivity index (χ1) is 46.2. The predicted octanol–water partition coefficient (Wildman–Crippen LogP) is 14.1. The van der Waals surface area contributed by atoms with Gasteiger partial charge in [-0.1, -0.05) is 100 Å². The molecule has 97 heavy (non-hydrogen) atoms. The van der Waals surface area contributed by atoms with Crippen LogP contribution in [0.1, 0.15) is 168 Å². The number of hydrogen-bond acceptors (Lipinski definition) is 11. The smallest absolute Gasteiger partial charge is 0.416 e. The molecule has 2 saturated heterocycles. The number of anilines is 4. The van der Waals surface area contributed by atoms with Crippen LogP contribution in [-0.2, 0) is 49.5 Å². The van der Waals surface area contributed by atoms with E-state index >= 15 is 4.39 Å². The van der Waals surface area contributed by atoms with Crippen LogP contribution >= 0.6 is 0 Å². The van der Waals surface area contributed by atoms with Gasteiger partial charge in [0.25, 0.3) is 11.8 Å². The Hall–Kier alpha value is -8.90. The van der Waals surface area contributed by atoms with Gasteiger partial charge in [-0.3, -0.25) is 28.8 Å². The lowest BCUT2D eigenvalue weighted by Crippen LogP contribution is -2.46. The highest BCUT2D eigenvalue weighted by Crippen LogP contribution is 2.43. The zero-order valence-electron chi connectivity index (χ0n) is 54.5. The second kappa shape index (κ2) is 32.0. The number of amides is 5. The molecular weight excluding hydrogens is 1270 g/mol. The van der Waals surface area contributed by atoms with Crippen molar-refractivity contribution in [2.24, 2.45) is 23.5 Å². The van der Waals surface area contributed by atoms with E-state index in [1.807, 2.05) is 48.5 Å². The number of carbonyl (C=O) groups excluding carboxylic acids is 6. The van der Waals surface area contributed by atoms with Gasteiger partial charge in [-0.2, -0.15) is 26.3 Å². The third-order valence-electron chi connectivity index (χ3n) is 18.6. The number of ether oxygens (including phenoxy) is 1. The van der Waals surface area contributed by atoms with E-state index in [-0.39, 0.29) is 52.6 Å². The molecule has 4 aliphatic rings. The zero-order chi connectivity index (χ0) is 69.9. The molecule has 6 aromatic rings.